The average Bonchev–Trinajstić information content (AvgIpc) is 3.01. The quantitative estimate of drug-likeness (QED) is 0.912. The van der Waals surface area contributed by atoms with Crippen LogP contribution >= 0.6 is 0 Å². The van der Waals surface area contributed by atoms with Crippen LogP contribution in [0.3, 0.4) is 0 Å². The number of hydrogen-bond acceptors (Lipinski definition) is 4. The van der Waals surface area contributed by atoms with E-state index in [1.54, 1.807) is 7.11 Å². The van der Waals surface area contributed by atoms with Crippen molar-refractivity contribution in [2.45, 2.75) is 44.9 Å². The van der Waals surface area contributed by atoms with Crippen molar-refractivity contribution in [1.82, 2.24) is 19.9 Å². The van der Waals surface area contributed by atoms with Gasteiger partial charge in [0.1, 0.15) is 11.3 Å². The van der Waals surface area contributed by atoms with Gasteiger partial charge in [-0.2, -0.15) is 0 Å². The molecule has 0 aliphatic carbocycles. The van der Waals surface area contributed by atoms with Crippen LogP contribution in [0.5, 0.6) is 0 Å². The molecule has 108 valence electrons. The van der Waals surface area contributed by atoms with Crippen LogP contribution < -0.4 is 5.32 Å². The zero-order valence-electron chi connectivity index (χ0n) is 12.6. The normalized spacial score (nSPS) is 23.6. The third-order valence-electron chi connectivity index (χ3n) is 3.89. The van der Waals surface area contributed by atoms with Gasteiger partial charge in [0.2, 0.25) is 0 Å². The molecule has 2 atom stereocenters. The number of fused-ring (bicyclic) bond motifs is 1. The molecule has 1 aliphatic rings. The molecular weight excluding hydrogens is 252 g/mol. The molecule has 0 spiro atoms. The predicted octanol–water partition coefficient (Wildman–Crippen LogP) is 2.24. The SMILES string of the molecule is COC1CNC(c2nc3cnccc3n2C(C)(C)C)C1. The Kier molecular flexibility index (Phi) is 3.26. The Bertz CT molecular complexity index is 614. The van der Waals surface area contributed by atoms with Crippen LogP contribution in [-0.4, -0.2) is 34.3 Å². The summed E-state index contributed by atoms with van der Waals surface area (Å²) < 4.78 is 7.77. The standard InChI is InChI=1S/C15H22N4O/c1-15(2,3)19-13-5-6-16-9-12(13)18-14(19)11-7-10(20-4)8-17-11/h5-6,9-11,17H,7-8H2,1-4H3. The second-order valence-corrected chi connectivity index (χ2v) is 6.39. The maximum Gasteiger partial charge on any atom is 0.127 e. The molecule has 3 heterocycles. The number of nitrogens with zero attached hydrogens (tertiary/aromatic N) is 3. The van der Waals surface area contributed by atoms with Crippen molar-refractivity contribution in [1.29, 1.82) is 0 Å². The molecule has 1 aliphatic heterocycles. The van der Waals surface area contributed by atoms with E-state index < -0.39 is 0 Å². The first-order valence-corrected chi connectivity index (χ1v) is 7.09. The summed E-state index contributed by atoms with van der Waals surface area (Å²) in [6.45, 7) is 7.51. The van der Waals surface area contributed by atoms with Gasteiger partial charge < -0.3 is 14.6 Å². The average molecular weight is 274 g/mol. The third-order valence-corrected chi connectivity index (χ3v) is 3.89. The summed E-state index contributed by atoms with van der Waals surface area (Å²) in [6, 6.07) is 2.28. The largest absolute Gasteiger partial charge is 0.380 e. The second kappa shape index (κ2) is 4.82. The van der Waals surface area contributed by atoms with E-state index in [2.05, 4.69) is 35.6 Å². The first kappa shape index (κ1) is 13.5. The van der Waals surface area contributed by atoms with Gasteiger partial charge >= 0.3 is 0 Å². The minimum Gasteiger partial charge on any atom is -0.380 e. The fraction of sp³-hybridized carbons (Fsp3) is 0.600. The number of pyridine rings is 1. The summed E-state index contributed by atoms with van der Waals surface area (Å²) in [4.78, 5) is 9.00. The molecule has 0 amide bonds. The van der Waals surface area contributed by atoms with Crippen LogP contribution in [-0.2, 0) is 10.3 Å². The van der Waals surface area contributed by atoms with Crippen molar-refractivity contribution in [2.75, 3.05) is 13.7 Å². The molecule has 0 aromatic carbocycles. The Morgan fingerprint density at radius 2 is 2.20 bits per heavy atom. The number of ether oxygens (including phenoxy) is 1. The third kappa shape index (κ3) is 2.21. The van der Waals surface area contributed by atoms with E-state index in [0.717, 1.165) is 29.8 Å². The van der Waals surface area contributed by atoms with Crippen LogP contribution in [0.1, 0.15) is 39.1 Å². The van der Waals surface area contributed by atoms with Crippen molar-refractivity contribution in [2.24, 2.45) is 0 Å². The Balaban J connectivity index is 2.10. The molecule has 1 saturated heterocycles. The smallest absolute Gasteiger partial charge is 0.127 e. The summed E-state index contributed by atoms with van der Waals surface area (Å²) >= 11 is 0. The number of nitrogens with one attached hydrogen (secondary N) is 1. The van der Waals surface area contributed by atoms with Crippen LogP contribution in [0, 0.1) is 0 Å². The zero-order chi connectivity index (χ0) is 14.3. The highest BCUT2D eigenvalue weighted by Gasteiger charge is 2.32. The van der Waals surface area contributed by atoms with Gasteiger partial charge in [-0.15, -0.1) is 0 Å². The first-order valence-electron chi connectivity index (χ1n) is 7.09. The number of rotatable bonds is 2. The molecule has 0 saturated carbocycles. The van der Waals surface area contributed by atoms with Gasteiger partial charge in [-0.1, -0.05) is 0 Å². The van der Waals surface area contributed by atoms with Gasteiger partial charge in [-0.05, 0) is 33.3 Å². The highest BCUT2D eigenvalue weighted by atomic mass is 16.5. The molecule has 2 aromatic rings. The molecule has 1 N–H and O–H groups in total. The molecule has 20 heavy (non-hydrogen) atoms. The highest BCUT2D eigenvalue weighted by Crippen LogP contribution is 2.31. The lowest BCUT2D eigenvalue weighted by molar-refractivity contribution is 0.117. The van der Waals surface area contributed by atoms with Crippen molar-refractivity contribution in [3.63, 3.8) is 0 Å². The lowest BCUT2D eigenvalue weighted by atomic mass is 10.1. The Labute approximate surface area is 119 Å². The van der Waals surface area contributed by atoms with Crippen molar-refractivity contribution in [3.8, 4) is 0 Å². The van der Waals surface area contributed by atoms with E-state index in [4.69, 9.17) is 9.72 Å². The summed E-state index contributed by atoms with van der Waals surface area (Å²) in [5.41, 5.74) is 2.09. The molecule has 5 heteroatoms. The maximum absolute atomic E-state index is 5.45. The van der Waals surface area contributed by atoms with Crippen LogP contribution in [0.25, 0.3) is 11.0 Å². The Morgan fingerprint density at radius 3 is 2.85 bits per heavy atom. The molecule has 1 fully saturated rings. The molecule has 5 nitrogen and oxygen atoms in total. The molecule has 3 rings (SSSR count). The van der Waals surface area contributed by atoms with Gasteiger partial charge in [-0.25, -0.2) is 4.98 Å². The fourth-order valence-electron chi connectivity index (χ4n) is 2.97. The van der Waals surface area contributed by atoms with Gasteiger partial charge in [0.15, 0.2) is 0 Å². The first-order chi connectivity index (χ1) is 9.50. The molecule has 0 bridgehead atoms. The highest BCUT2D eigenvalue weighted by molar-refractivity contribution is 5.75. The van der Waals surface area contributed by atoms with Crippen LogP contribution in [0.15, 0.2) is 18.5 Å². The summed E-state index contributed by atoms with van der Waals surface area (Å²) in [7, 11) is 1.77. The fourth-order valence-corrected chi connectivity index (χ4v) is 2.97. The predicted molar refractivity (Wildman–Crippen MR) is 78.7 cm³/mol. The maximum atomic E-state index is 5.45. The molecule has 2 aromatic heterocycles. The van der Waals surface area contributed by atoms with Crippen LogP contribution in [0.2, 0.25) is 0 Å². The Hall–Kier alpha value is -1.46. The lowest BCUT2D eigenvalue weighted by Gasteiger charge is -2.26. The second-order valence-electron chi connectivity index (χ2n) is 6.39. The van der Waals surface area contributed by atoms with E-state index >= 15 is 0 Å². The minimum absolute atomic E-state index is 0.0156. The molecular formula is C15H22N4O. The summed E-state index contributed by atoms with van der Waals surface area (Å²) in [5, 5.41) is 3.52. The van der Waals surface area contributed by atoms with Crippen LogP contribution in [0.4, 0.5) is 0 Å². The van der Waals surface area contributed by atoms with Gasteiger partial charge in [0.25, 0.3) is 0 Å². The lowest BCUT2D eigenvalue weighted by Crippen LogP contribution is -2.28. The van der Waals surface area contributed by atoms with Gasteiger partial charge in [0, 0.05) is 25.4 Å². The van der Waals surface area contributed by atoms with E-state index in [9.17, 15) is 0 Å². The van der Waals surface area contributed by atoms with E-state index in [1.807, 2.05) is 18.5 Å². The molecule has 0 radical (unpaired) electrons. The minimum atomic E-state index is -0.0156. The van der Waals surface area contributed by atoms with E-state index in [-0.39, 0.29) is 17.7 Å². The Morgan fingerprint density at radius 1 is 1.40 bits per heavy atom. The number of imidazole rings is 1. The van der Waals surface area contributed by atoms with E-state index in [1.165, 1.54) is 0 Å². The number of aromatic nitrogens is 3. The topological polar surface area (TPSA) is 52.0 Å². The van der Waals surface area contributed by atoms with E-state index in [0.29, 0.717) is 0 Å². The summed E-state index contributed by atoms with van der Waals surface area (Å²) in [6.07, 6.45) is 4.90. The van der Waals surface area contributed by atoms with Crippen molar-refractivity contribution >= 4 is 11.0 Å². The van der Waals surface area contributed by atoms with Gasteiger partial charge in [0.05, 0.1) is 23.9 Å². The van der Waals surface area contributed by atoms with Crippen molar-refractivity contribution < 1.29 is 4.74 Å². The van der Waals surface area contributed by atoms with Crippen molar-refractivity contribution in [3.05, 3.63) is 24.3 Å². The zero-order valence-corrected chi connectivity index (χ0v) is 12.6. The van der Waals surface area contributed by atoms with Gasteiger partial charge in [-0.3, -0.25) is 4.98 Å². The number of hydrogen-bond donors (Lipinski definition) is 1. The summed E-state index contributed by atoms with van der Waals surface area (Å²) in [5.74, 6) is 1.08. The molecule has 2 unspecified atom stereocenters. The number of methoxy groups -OCH3 is 1. The monoisotopic (exact) mass is 274 g/mol.